The van der Waals surface area contributed by atoms with Crippen molar-refractivity contribution in [2.24, 2.45) is 11.8 Å². The largest absolute Gasteiger partial charge is 0.479 e. The quantitative estimate of drug-likeness (QED) is 0.191. The Morgan fingerprint density at radius 3 is 2.11 bits per heavy atom. The van der Waals surface area contributed by atoms with E-state index < -0.39 is 91.5 Å². The molecule has 4 fully saturated rings. The molecule has 0 aromatic rings. The second-order valence-corrected chi connectivity index (χ2v) is 13.1. The fourth-order valence-corrected chi connectivity index (χ4v) is 7.25. The van der Waals surface area contributed by atoms with Crippen LogP contribution < -0.4 is 5.32 Å². The lowest BCUT2D eigenvalue weighted by Gasteiger charge is -2.48. The predicted molar refractivity (Wildman–Crippen MR) is 155 cm³/mol. The van der Waals surface area contributed by atoms with Crippen LogP contribution in [-0.2, 0) is 33.3 Å². The Hall–Kier alpha value is -1.42. The van der Waals surface area contributed by atoms with E-state index in [0.717, 1.165) is 51.4 Å². The molecular weight excluding hydrogens is 578 g/mol. The van der Waals surface area contributed by atoms with Gasteiger partial charge in [0.2, 0.25) is 5.91 Å². The van der Waals surface area contributed by atoms with Gasteiger partial charge in [0, 0.05) is 6.92 Å². The van der Waals surface area contributed by atoms with E-state index in [-0.39, 0.29) is 11.8 Å². The first-order valence-electron chi connectivity index (χ1n) is 16.4. The minimum Gasteiger partial charge on any atom is -0.479 e. The molecule has 44 heavy (non-hydrogen) atoms. The summed E-state index contributed by atoms with van der Waals surface area (Å²) in [5, 5.41) is 55.1. The van der Waals surface area contributed by atoms with Gasteiger partial charge in [-0.3, -0.25) is 4.79 Å². The number of amides is 1. The molecule has 2 saturated heterocycles. The molecule has 2 saturated carbocycles. The van der Waals surface area contributed by atoms with Crippen LogP contribution in [0.25, 0.3) is 0 Å². The molecule has 0 radical (unpaired) electrons. The summed E-state index contributed by atoms with van der Waals surface area (Å²) >= 11 is 0. The summed E-state index contributed by atoms with van der Waals surface area (Å²) < 4.78 is 30.8. The zero-order chi connectivity index (χ0) is 32.1. The van der Waals surface area contributed by atoms with Crippen LogP contribution in [0.15, 0.2) is 0 Å². The fourth-order valence-electron chi connectivity index (χ4n) is 7.25. The second-order valence-electron chi connectivity index (χ2n) is 13.1. The maximum absolute atomic E-state index is 12.4. The summed E-state index contributed by atoms with van der Waals surface area (Å²) in [5.74, 6) is -1.34. The summed E-state index contributed by atoms with van der Waals surface area (Å²) in [7, 11) is 0. The third kappa shape index (κ3) is 8.48. The molecule has 6 unspecified atom stereocenters. The van der Waals surface area contributed by atoms with Crippen molar-refractivity contribution in [2.45, 2.75) is 172 Å². The lowest BCUT2D eigenvalue weighted by molar-refractivity contribution is -0.335. The van der Waals surface area contributed by atoms with Crippen LogP contribution in [0.4, 0.5) is 0 Å². The topological polar surface area (TPSA) is 193 Å². The highest BCUT2D eigenvalue weighted by Gasteiger charge is 2.50. The average Bonchev–Trinajstić information content (AvgIpc) is 2.99. The summed E-state index contributed by atoms with van der Waals surface area (Å²) in [6.07, 6.45) is -4.50. The number of carbonyl (C=O) groups is 2. The van der Waals surface area contributed by atoms with Crippen molar-refractivity contribution in [1.29, 1.82) is 0 Å². The zero-order valence-electron chi connectivity index (χ0n) is 26.3. The van der Waals surface area contributed by atoms with E-state index in [1.807, 2.05) is 6.92 Å². The summed E-state index contributed by atoms with van der Waals surface area (Å²) in [6, 6.07) is -1.02. The van der Waals surface area contributed by atoms with Gasteiger partial charge in [0.25, 0.3) is 0 Å². The van der Waals surface area contributed by atoms with Gasteiger partial charge in [-0.15, -0.1) is 0 Å². The second kappa shape index (κ2) is 15.9. The first kappa shape index (κ1) is 35.4. The van der Waals surface area contributed by atoms with E-state index in [4.69, 9.17) is 23.7 Å². The van der Waals surface area contributed by atoms with Gasteiger partial charge >= 0.3 is 5.97 Å². The Morgan fingerprint density at radius 2 is 1.48 bits per heavy atom. The molecule has 6 N–H and O–H groups in total. The number of carboxylic acids is 1. The van der Waals surface area contributed by atoms with Gasteiger partial charge < -0.3 is 54.5 Å². The smallest absolute Gasteiger partial charge is 0.332 e. The molecule has 1 amide bonds. The number of nitrogens with one attached hydrogen (secondary N) is 1. The number of carbonyl (C=O) groups excluding carboxylic acids is 1. The maximum Gasteiger partial charge on any atom is 0.332 e. The van der Waals surface area contributed by atoms with Crippen LogP contribution in [0, 0.1) is 11.8 Å². The van der Waals surface area contributed by atoms with Gasteiger partial charge in [0.05, 0.1) is 24.4 Å². The fraction of sp³-hybridized carbons (Fsp3) is 0.935. The Labute approximate surface area is 259 Å². The standard InChI is InChI=1S/C31H53NO12/c1-5-19-12-9-13-20(27(19)44-31-26(37)25(36)23(34)15(2)41-31)43-30-22(32-17(4)33)28(24(35)16(3)40-30)42-21(29(38)39)14-18-10-7-6-8-11-18/h15-16,18-28,30-31,34-37H,5-14H2,1-4H3,(H,32,33)(H,38,39)/t15-,16?,19?,20+,21-,22?,23-,24-,25?,26-,27+,28?,30-,31?/m0/s1. The number of carboxylic acid groups (broad SMARTS) is 1. The molecule has 254 valence electrons. The third-order valence-corrected chi connectivity index (χ3v) is 9.88. The minimum absolute atomic E-state index is 0.00796. The van der Waals surface area contributed by atoms with Gasteiger partial charge in [-0.1, -0.05) is 51.9 Å². The Kier molecular flexibility index (Phi) is 12.8. The molecule has 4 rings (SSSR count). The number of hydrogen-bond acceptors (Lipinski definition) is 11. The van der Waals surface area contributed by atoms with E-state index in [2.05, 4.69) is 5.32 Å². The number of aliphatic carboxylic acids is 1. The van der Waals surface area contributed by atoms with Crippen LogP contribution in [0.2, 0.25) is 0 Å². The molecule has 2 aliphatic carbocycles. The van der Waals surface area contributed by atoms with E-state index in [1.165, 1.54) is 6.92 Å². The predicted octanol–water partition coefficient (Wildman–Crippen LogP) is 1.21. The van der Waals surface area contributed by atoms with E-state index in [0.29, 0.717) is 12.8 Å². The third-order valence-electron chi connectivity index (χ3n) is 9.88. The van der Waals surface area contributed by atoms with Gasteiger partial charge in [-0.25, -0.2) is 4.79 Å². The molecule has 2 heterocycles. The number of hydrogen-bond donors (Lipinski definition) is 6. The van der Waals surface area contributed by atoms with Gasteiger partial charge in [-0.05, 0) is 44.9 Å². The highest BCUT2D eigenvalue weighted by atomic mass is 16.7. The van der Waals surface area contributed by atoms with Crippen molar-refractivity contribution in [3.63, 3.8) is 0 Å². The van der Waals surface area contributed by atoms with Crippen LogP contribution in [-0.4, -0.2) is 117 Å². The molecule has 0 bridgehead atoms. The van der Waals surface area contributed by atoms with Crippen molar-refractivity contribution in [1.82, 2.24) is 5.32 Å². The van der Waals surface area contributed by atoms with Crippen molar-refractivity contribution in [3.8, 4) is 0 Å². The minimum atomic E-state index is -1.48. The Morgan fingerprint density at radius 1 is 0.818 bits per heavy atom. The first-order valence-corrected chi connectivity index (χ1v) is 16.4. The molecule has 13 nitrogen and oxygen atoms in total. The van der Waals surface area contributed by atoms with Crippen molar-refractivity contribution in [2.75, 3.05) is 0 Å². The summed E-state index contributed by atoms with van der Waals surface area (Å²) in [4.78, 5) is 24.7. The van der Waals surface area contributed by atoms with Crippen molar-refractivity contribution in [3.05, 3.63) is 0 Å². The van der Waals surface area contributed by atoms with Crippen LogP contribution >= 0.6 is 0 Å². The van der Waals surface area contributed by atoms with Crippen molar-refractivity contribution >= 4 is 11.9 Å². The molecule has 0 aromatic carbocycles. The normalized spacial score (nSPS) is 42.9. The van der Waals surface area contributed by atoms with E-state index in [1.54, 1.807) is 13.8 Å². The lowest BCUT2D eigenvalue weighted by atomic mass is 9.82. The molecule has 4 aliphatic rings. The van der Waals surface area contributed by atoms with Crippen molar-refractivity contribution < 1.29 is 58.8 Å². The number of aliphatic hydroxyl groups excluding tert-OH is 4. The van der Waals surface area contributed by atoms with Gasteiger partial charge in [0.1, 0.15) is 36.6 Å². The first-order chi connectivity index (χ1) is 20.9. The molecule has 2 aliphatic heterocycles. The van der Waals surface area contributed by atoms with Crippen LogP contribution in [0.5, 0.6) is 0 Å². The Balaban J connectivity index is 1.55. The molecule has 13 heteroatoms. The van der Waals surface area contributed by atoms with E-state index in [9.17, 15) is 35.1 Å². The van der Waals surface area contributed by atoms with Crippen LogP contribution in [0.1, 0.15) is 91.9 Å². The monoisotopic (exact) mass is 631 g/mol. The summed E-state index contributed by atoms with van der Waals surface area (Å²) in [5.41, 5.74) is 0. The van der Waals surface area contributed by atoms with E-state index >= 15 is 0 Å². The molecule has 14 atom stereocenters. The van der Waals surface area contributed by atoms with Gasteiger partial charge in [-0.2, -0.15) is 0 Å². The molecular formula is C31H53NO12. The Bertz CT molecular complexity index is 933. The number of aliphatic hydroxyl groups is 4. The highest BCUT2D eigenvalue weighted by molar-refractivity contribution is 5.73. The summed E-state index contributed by atoms with van der Waals surface area (Å²) in [6.45, 7) is 6.56. The number of ether oxygens (including phenoxy) is 5. The highest BCUT2D eigenvalue weighted by Crippen LogP contribution is 2.37. The number of rotatable bonds is 11. The maximum atomic E-state index is 12.4. The zero-order valence-corrected chi connectivity index (χ0v) is 26.3. The molecule has 0 spiro atoms. The SMILES string of the molecule is CCC1CCC[C@@H](O[C@@H]2OC(C)[C@H](O)C(O[C@@H](CC3CCCCC3)C(=O)O)C2NC(C)=O)[C@@H]1OC1O[C@@H](C)[C@H](O)C(O)[C@@H]1O. The molecule has 0 aromatic heterocycles. The average molecular weight is 632 g/mol. The van der Waals surface area contributed by atoms with Gasteiger partial charge in [0.15, 0.2) is 18.7 Å². The van der Waals surface area contributed by atoms with Crippen LogP contribution in [0.3, 0.4) is 0 Å². The lowest BCUT2D eigenvalue weighted by Crippen LogP contribution is -2.66.